The van der Waals surface area contributed by atoms with Gasteiger partial charge in [-0.2, -0.15) is 6.42 Å². The summed E-state index contributed by atoms with van der Waals surface area (Å²) in [5.41, 5.74) is 0. The molecular formula is C10H18P-. The monoisotopic (exact) mass is 169 g/mol. The SMILES string of the molecule is C1=P2([CH-]CCCC2)CCCC1. The van der Waals surface area contributed by atoms with Gasteiger partial charge in [0, 0.05) is 0 Å². The van der Waals surface area contributed by atoms with Gasteiger partial charge in [0.1, 0.15) is 0 Å². The third-order valence-electron chi connectivity index (χ3n) is 3.04. The van der Waals surface area contributed by atoms with Gasteiger partial charge in [0.25, 0.3) is 0 Å². The molecule has 2 heterocycles. The molecule has 1 heteroatoms. The Kier molecular flexibility index (Phi) is 2.42. The van der Waals surface area contributed by atoms with Crippen LogP contribution in [0.3, 0.4) is 0 Å². The molecule has 1 saturated heterocycles. The standard InChI is InChI=1S/C10H18P/c1-3-7-11(8-4-1)9-5-2-6-10-11/h7,9H,1-6,8,10H2/q-1. The summed E-state index contributed by atoms with van der Waals surface area (Å²) >= 11 is 0. The van der Waals surface area contributed by atoms with Crippen molar-refractivity contribution in [3.8, 4) is 0 Å². The minimum Gasteiger partial charge on any atom is -0.300 e. The van der Waals surface area contributed by atoms with Crippen LogP contribution in [0.15, 0.2) is 0 Å². The first-order valence-corrected chi connectivity index (χ1v) is 7.26. The molecule has 0 radical (unpaired) electrons. The summed E-state index contributed by atoms with van der Waals surface area (Å²) in [5.74, 6) is 2.70. The first-order chi connectivity index (χ1) is 5.41. The van der Waals surface area contributed by atoms with Crippen molar-refractivity contribution in [1.82, 2.24) is 0 Å². The lowest BCUT2D eigenvalue weighted by molar-refractivity contribution is 0.770. The van der Waals surface area contributed by atoms with Crippen molar-refractivity contribution in [3.05, 3.63) is 6.16 Å². The fraction of sp³-hybridized carbons (Fsp3) is 0.800. The van der Waals surface area contributed by atoms with E-state index in [4.69, 9.17) is 0 Å². The van der Waals surface area contributed by atoms with E-state index in [0.717, 1.165) is 0 Å². The molecule has 1 atom stereocenters. The zero-order valence-electron chi connectivity index (χ0n) is 7.26. The Morgan fingerprint density at radius 1 is 1.00 bits per heavy atom. The molecule has 0 amide bonds. The maximum absolute atomic E-state index is 2.70. The second-order valence-electron chi connectivity index (χ2n) is 3.91. The van der Waals surface area contributed by atoms with Crippen molar-refractivity contribution in [2.24, 2.45) is 0 Å². The van der Waals surface area contributed by atoms with Crippen LogP contribution in [0, 0.1) is 6.16 Å². The molecule has 0 saturated carbocycles. The second-order valence-corrected chi connectivity index (χ2v) is 7.74. The molecular weight excluding hydrogens is 151 g/mol. The van der Waals surface area contributed by atoms with Crippen LogP contribution >= 0.6 is 6.89 Å². The molecule has 1 spiro atoms. The van der Waals surface area contributed by atoms with Gasteiger partial charge in [0.15, 0.2) is 0 Å². The summed E-state index contributed by atoms with van der Waals surface area (Å²) in [5, 5.41) is 0. The highest BCUT2D eigenvalue weighted by atomic mass is 31.2. The summed E-state index contributed by atoms with van der Waals surface area (Å²) in [6.45, 7) is -0.534. The largest absolute Gasteiger partial charge is 0.300 e. The van der Waals surface area contributed by atoms with Crippen molar-refractivity contribution >= 4 is 12.7 Å². The lowest BCUT2D eigenvalue weighted by Crippen LogP contribution is -2.08. The molecule has 0 nitrogen and oxygen atoms in total. The minimum absolute atomic E-state index is 0.534. The first-order valence-electron chi connectivity index (χ1n) is 4.97. The van der Waals surface area contributed by atoms with Crippen molar-refractivity contribution in [2.45, 2.75) is 38.5 Å². The van der Waals surface area contributed by atoms with Gasteiger partial charge < -0.3 is 6.16 Å². The normalized spacial score (nSPS) is 38.5. The summed E-state index contributed by atoms with van der Waals surface area (Å²) < 4.78 is 0. The topological polar surface area (TPSA) is 0 Å². The van der Waals surface area contributed by atoms with Crippen LogP contribution < -0.4 is 0 Å². The summed E-state index contributed by atoms with van der Waals surface area (Å²) in [7, 11) is 0. The maximum Gasteiger partial charge on any atom is -0.0370 e. The molecule has 11 heavy (non-hydrogen) atoms. The van der Waals surface area contributed by atoms with E-state index in [2.05, 4.69) is 12.0 Å². The second kappa shape index (κ2) is 3.35. The molecule has 2 rings (SSSR count). The Balaban J connectivity index is 2.11. The lowest BCUT2D eigenvalue weighted by Gasteiger charge is -2.42. The van der Waals surface area contributed by atoms with E-state index in [9.17, 15) is 0 Å². The third kappa shape index (κ3) is 1.72. The van der Waals surface area contributed by atoms with Gasteiger partial charge in [0.2, 0.25) is 0 Å². The summed E-state index contributed by atoms with van der Waals surface area (Å²) in [6.07, 6.45) is 14.6. The van der Waals surface area contributed by atoms with E-state index in [1.54, 1.807) is 12.3 Å². The lowest BCUT2D eigenvalue weighted by atomic mass is 10.2. The molecule has 0 aromatic rings. The quantitative estimate of drug-likeness (QED) is 0.385. The number of rotatable bonds is 0. The van der Waals surface area contributed by atoms with E-state index < -0.39 is 6.89 Å². The van der Waals surface area contributed by atoms with Crippen molar-refractivity contribution < 1.29 is 0 Å². The van der Waals surface area contributed by atoms with E-state index in [-0.39, 0.29) is 0 Å². The Hall–Kier alpha value is 0.300. The highest BCUT2D eigenvalue weighted by Crippen LogP contribution is 2.57. The predicted octanol–water partition coefficient (Wildman–Crippen LogP) is 3.34. The Morgan fingerprint density at radius 2 is 1.82 bits per heavy atom. The molecule has 2 aliphatic heterocycles. The van der Waals surface area contributed by atoms with E-state index >= 15 is 0 Å². The minimum atomic E-state index is -0.534. The van der Waals surface area contributed by atoms with E-state index in [1.165, 1.54) is 38.5 Å². The smallest absolute Gasteiger partial charge is 0.0370 e. The highest BCUT2D eigenvalue weighted by molar-refractivity contribution is 7.76. The molecule has 0 aliphatic carbocycles. The maximum atomic E-state index is 2.70. The first kappa shape index (κ1) is 7.92. The fourth-order valence-electron chi connectivity index (χ4n) is 2.35. The molecule has 1 unspecified atom stereocenters. The Morgan fingerprint density at radius 3 is 2.36 bits per heavy atom. The fourth-order valence-corrected chi connectivity index (χ4v) is 6.47. The zero-order valence-corrected chi connectivity index (χ0v) is 8.15. The van der Waals surface area contributed by atoms with Crippen LogP contribution in [-0.4, -0.2) is 18.1 Å². The van der Waals surface area contributed by atoms with Crippen LogP contribution in [0.4, 0.5) is 0 Å². The zero-order chi connectivity index (χ0) is 7.57. The average Bonchev–Trinajstić information content (AvgIpc) is 2.07. The van der Waals surface area contributed by atoms with Gasteiger partial charge >= 0.3 is 0 Å². The highest BCUT2D eigenvalue weighted by Gasteiger charge is 2.13. The predicted molar refractivity (Wildman–Crippen MR) is 54.7 cm³/mol. The van der Waals surface area contributed by atoms with Crippen molar-refractivity contribution in [3.63, 3.8) is 0 Å². The van der Waals surface area contributed by atoms with Crippen LogP contribution in [0.5, 0.6) is 0 Å². The molecule has 64 valence electrons. The third-order valence-corrected chi connectivity index (χ3v) is 7.31. The number of hydrogen-bond donors (Lipinski definition) is 0. The van der Waals surface area contributed by atoms with Gasteiger partial charge in [-0.3, -0.25) is 0 Å². The van der Waals surface area contributed by atoms with Gasteiger partial charge in [-0.1, -0.05) is 31.6 Å². The Bertz CT molecular complexity index is 171. The van der Waals surface area contributed by atoms with Crippen LogP contribution in [-0.2, 0) is 0 Å². The molecule has 1 fully saturated rings. The Labute approximate surface area is 70.4 Å². The van der Waals surface area contributed by atoms with Gasteiger partial charge in [-0.25, -0.2) is 6.89 Å². The van der Waals surface area contributed by atoms with Crippen LogP contribution in [0.25, 0.3) is 0 Å². The number of hydrogen-bond acceptors (Lipinski definition) is 0. The molecule has 0 aromatic carbocycles. The van der Waals surface area contributed by atoms with Crippen LogP contribution in [0.1, 0.15) is 38.5 Å². The van der Waals surface area contributed by atoms with Crippen molar-refractivity contribution in [1.29, 1.82) is 0 Å². The van der Waals surface area contributed by atoms with E-state index in [1.807, 2.05) is 0 Å². The molecule has 0 N–H and O–H groups in total. The summed E-state index contributed by atoms with van der Waals surface area (Å²) in [6, 6.07) is 0. The van der Waals surface area contributed by atoms with Gasteiger partial charge in [-0.05, 0) is 12.8 Å². The van der Waals surface area contributed by atoms with Crippen molar-refractivity contribution in [2.75, 3.05) is 12.3 Å². The van der Waals surface area contributed by atoms with Gasteiger partial charge in [0.05, 0.1) is 0 Å². The molecule has 2 aliphatic rings. The molecule has 0 aromatic heterocycles. The van der Waals surface area contributed by atoms with Gasteiger partial charge in [-0.15, -0.1) is 5.80 Å². The summed E-state index contributed by atoms with van der Waals surface area (Å²) in [4.78, 5) is 0. The van der Waals surface area contributed by atoms with E-state index in [0.29, 0.717) is 0 Å². The average molecular weight is 169 g/mol. The van der Waals surface area contributed by atoms with Crippen LogP contribution in [0.2, 0.25) is 0 Å². The molecule has 0 bridgehead atoms.